The molecule has 0 spiro atoms. The lowest BCUT2D eigenvalue weighted by atomic mass is 9.94. The quantitative estimate of drug-likeness (QED) is 0.576. The Bertz CT molecular complexity index is 255. The second-order valence-corrected chi connectivity index (χ2v) is 5.69. The normalized spacial score (nSPS) is 32.7. The first-order valence-electron chi connectivity index (χ1n) is 5.41. The van der Waals surface area contributed by atoms with Gasteiger partial charge < -0.3 is 4.90 Å². The standard InChI is InChI=1S/C11H20N2O/c1-11(2,3)10(14)13-7-8-5-9(13)6-12(8)4/h8-9H,5-7H2,1-4H3. The van der Waals surface area contributed by atoms with Crippen LogP contribution in [-0.2, 0) is 4.79 Å². The van der Waals surface area contributed by atoms with Crippen molar-refractivity contribution in [2.24, 2.45) is 5.41 Å². The van der Waals surface area contributed by atoms with Crippen molar-refractivity contribution in [3.8, 4) is 0 Å². The number of carbonyl (C=O) groups is 1. The minimum atomic E-state index is -0.219. The van der Waals surface area contributed by atoms with E-state index in [-0.39, 0.29) is 5.41 Å². The Morgan fingerprint density at radius 3 is 2.21 bits per heavy atom. The summed E-state index contributed by atoms with van der Waals surface area (Å²) in [5.74, 6) is 0.318. The Kier molecular flexibility index (Phi) is 2.11. The molecule has 2 atom stereocenters. The fraction of sp³-hybridized carbons (Fsp3) is 0.909. The molecule has 2 aliphatic rings. The van der Waals surface area contributed by atoms with E-state index in [9.17, 15) is 4.79 Å². The van der Waals surface area contributed by atoms with Gasteiger partial charge in [0.05, 0.1) is 0 Å². The number of hydrogen-bond acceptors (Lipinski definition) is 2. The molecular weight excluding hydrogens is 176 g/mol. The van der Waals surface area contributed by atoms with E-state index in [0.717, 1.165) is 13.1 Å². The molecule has 0 aliphatic carbocycles. The van der Waals surface area contributed by atoms with Crippen molar-refractivity contribution in [3.05, 3.63) is 0 Å². The minimum Gasteiger partial charge on any atom is -0.336 e. The molecule has 2 fully saturated rings. The van der Waals surface area contributed by atoms with Gasteiger partial charge in [0, 0.05) is 30.6 Å². The van der Waals surface area contributed by atoms with Crippen molar-refractivity contribution in [2.75, 3.05) is 20.1 Å². The average molecular weight is 196 g/mol. The Hall–Kier alpha value is -0.570. The van der Waals surface area contributed by atoms with Crippen LogP contribution in [0.4, 0.5) is 0 Å². The van der Waals surface area contributed by atoms with Crippen LogP contribution in [-0.4, -0.2) is 47.9 Å². The summed E-state index contributed by atoms with van der Waals surface area (Å²) >= 11 is 0. The second-order valence-electron chi connectivity index (χ2n) is 5.69. The summed E-state index contributed by atoms with van der Waals surface area (Å²) in [6.45, 7) is 8.02. The number of rotatable bonds is 0. The molecule has 2 saturated heterocycles. The van der Waals surface area contributed by atoms with Crippen LogP contribution in [0.1, 0.15) is 27.2 Å². The van der Waals surface area contributed by atoms with Crippen LogP contribution < -0.4 is 0 Å². The fourth-order valence-electron chi connectivity index (χ4n) is 2.55. The number of likely N-dealkylation sites (N-methyl/N-ethyl adjacent to an activating group) is 1. The van der Waals surface area contributed by atoms with Gasteiger partial charge in [-0.1, -0.05) is 20.8 Å². The number of piperazine rings is 1. The Morgan fingerprint density at radius 2 is 1.86 bits per heavy atom. The maximum Gasteiger partial charge on any atom is 0.228 e. The Labute approximate surface area is 86.1 Å². The van der Waals surface area contributed by atoms with Crippen molar-refractivity contribution in [3.63, 3.8) is 0 Å². The third-order valence-electron chi connectivity index (χ3n) is 3.42. The van der Waals surface area contributed by atoms with E-state index in [1.54, 1.807) is 0 Å². The minimum absolute atomic E-state index is 0.219. The molecule has 0 aromatic carbocycles. The molecule has 1 amide bonds. The van der Waals surface area contributed by atoms with Gasteiger partial charge in [0.15, 0.2) is 0 Å². The topological polar surface area (TPSA) is 23.6 Å². The Balaban J connectivity index is 2.07. The van der Waals surface area contributed by atoms with Crippen molar-refractivity contribution in [1.82, 2.24) is 9.80 Å². The van der Waals surface area contributed by atoms with Crippen LogP contribution in [0.25, 0.3) is 0 Å². The smallest absolute Gasteiger partial charge is 0.228 e. The molecular formula is C11H20N2O. The molecule has 0 saturated carbocycles. The van der Waals surface area contributed by atoms with E-state index in [0.29, 0.717) is 18.0 Å². The van der Waals surface area contributed by atoms with Crippen LogP contribution in [0.2, 0.25) is 0 Å². The zero-order valence-corrected chi connectivity index (χ0v) is 9.58. The van der Waals surface area contributed by atoms with Crippen molar-refractivity contribution < 1.29 is 4.79 Å². The maximum absolute atomic E-state index is 12.1. The molecule has 14 heavy (non-hydrogen) atoms. The van der Waals surface area contributed by atoms with Gasteiger partial charge in [-0.2, -0.15) is 0 Å². The molecule has 2 aliphatic heterocycles. The van der Waals surface area contributed by atoms with Gasteiger partial charge in [-0.3, -0.25) is 9.69 Å². The first-order valence-corrected chi connectivity index (χ1v) is 5.41. The van der Waals surface area contributed by atoms with Gasteiger partial charge in [-0.25, -0.2) is 0 Å². The lowest BCUT2D eigenvalue weighted by Gasteiger charge is -2.35. The van der Waals surface area contributed by atoms with E-state index in [1.807, 2.05) is 20.8 Å². The summed E-state index contributed by atoms with van der Waals surface area (Å²) < 4.78 is 0. The zero-order valence-electron chi connectivity index (χ0n) is 9.58. The summed E-state index contributed by atoms with van der Waals surface area (Å²) in [6, 6.07) is 1.10. The number of fused-ring (bicyclic) bond motifs is 2. The van der Waals surface area contributed by atoms with Crippen molar-refractivity contribution in [1.29, 1.82) is 0 Å². The monoisotopic (exact) mass is 196 g/mol. The van der Waals surface area contributed by atoms with Crippen molar-refractivity contribution in [2.45, 2.75) is 39.3 Å². The van der Waals surface area contributed by atoms with Crippen LogP contribution in [0.5, 0.6) is 0 Å². The highest BCUT2D eigenvalue weighted by molar-refractivity contribution is 5.82. The summed E-state index contributed by atoms with van der Waals surface area (Å²) in [7, 11) is 2.16. The van der Waals surface area contributed by atoms with Crippen LogP contribution >= 0.6 is 0 Å². The summed E-state index contributed by atoms with van der Waals surface area (Å²) in [5, 5.41) is 0. The van der Waals surface area contributed by atoms with Gasteiger partial charge in [0.2, 0.25) is 5.91 Å². The maximum atomic E-state index is 12.1. The average Bonchev–Trinajstić information content (AvgIpc) is 2.58. The number of carbonyl (C=O) groups excluding carboxylic acids is 1. The van der Waals surface area contributed by atoms with Crippen LogP contribution in [0.3, 0.4) is 0 Å². The third kappa shape index (κ3) is 1.44. The first-order chi connectivity index (χ1) is 6.39. The van der Waals surface area contributed by atoms with Crippen molar-refractivity contribution >= 4 is 5.91 Å². The number of likely N-dealkylation sites (tertiary alicyclic amines) is 2. The molecule has 2 bridgehead atoms. The molecule has 0 N–H and O–H groups in total. The van der Waals surface area contributed by atoms with Crippen LogP contribution in [0, 0.1) is 5.41 Å². The SMILES string of the molecule is CN1CC2CC1CN2C(=O)C(C)(C)C. The van der Waals surface area contributed by atoms with Gasteiger partial charge in [-0.05, 0) is 13.5 Å². The lowest BCUT2D eigenvalue weighted by Crippen LogP contribution is -2.50. The summed E-state index contributed by atoms with van der Waals surface area (Å²) in [6.07, 6.45) is 1.18. The Morgan fingerprint density at radius 1 is 1.21 bits per heavy atom. The number of amides is 1. The molecule has 2 unspecified atom stereocenters. The van der Waals surface area contributed by atoms with E-state index in [4.69, 9.17) is 0 Å². The third-order valence-corrected chi connectivity index (χ3v) is 3.42. The van der Waals surface area contributed by atoms with Crippen LogP contribution in [0.15, 0.2) is 0 Å². The predicted octanol–water partition coefficient (Wildman–Crippen LogP) is 0.947. The molecule has 3 heteroatoms. The molecule has 3 nitrogen and oxygen atoms in total. The molecule has 0 radical (unpaired) electrons. The van der Waals surface area contributed by atoms with Gasteiger partial charge in [0.1, 0.15) is 0 Å². The van der Waals surface area contributed by atoms with E-state index in [1.165, 1.54) is 6.42 Å². The largest absolute Gasteiger partial charge is 0.336 e. The first kappa shape index (κ1) is 9.97. The highest BCUT2D eigenvalue weighted by Crippen LogP contribution is 2.32. The highest BCUT2D eigenvalue weighted by Gasteiger charge is 2.45. The molecule has 2 rings (SSSR count). The van der Waals surface area contributed by atoms with E-state index < -0.39 is 0 Å². The van der Waals surface area contributed by atoms with Gasteiger partial charge >= 0.3 is 0 Å². The molecule has 2 heterocycles. The number of hydrogen-bond donors (Lipinski definition) is 0. The summed E-state index contributed by atoms with van der Waals surface area (Å²) in [5.41, 5.74) is -0.219. The number of nitrogens with zero attached hydrogens (tertiary/aromatic N) is 2. The molecule has 0 aromatic heterocycles. The van der Waals surface area contributed by atoms with Gasteiger partial charge in [0.25, 0.3) is 0 Å². The molecule has 80 valence electrons. The fourth-order valence-corrected chi connectivity index (χ4v) is 2.55. The summed E-state index contributed by atoms with van der Waals surface area (Å²) in [4.78, 5) is 16.5. The highest BCUT2D eigenvalue weighted by atomic mass is 16.2. The predicted molar refractivity (Wildman–Crippen MR) is 56.0 cm³/mol. The zero-order chi connectivity index (χ0) is 10.5. The molecule has 0 aromatic rings. The van der Waals surface area contributed by atoms with E-state index >= 15 is 0 Å². The second kappa shape index (κ2) is 2.96. The van der Waals surface area contributed by atoms with Gasteiger partial charge in [-0.15, -0.1) is 0 Å². The van der Waals surface area contributed by atoms with E-state index in [2.05, 4.69) is 16.8 Å². The lowest BCUT2D eigenvalue weighted by molar-refractivity contribution is -0.141.